The number of hydrogen-bond donors (Lipinski definition) is 2. The lowest BCUT2D eigenvalue weighted by Crippen LogP contribution is -2.57. The average molecular weight is 541 g/mol. The number of nitrogens with one attached hydrogen (secondary N) is 1. The number of non-ortho nitro benzene ring substituents is 1. The Labute approximate surface area is 223 Å². The van der Waals surface area contributed by atoms with Crippen molar-refractivity contribution in [1.82, 2.24) is 15.1 Å². The van der Waals surface area contributed by atoms with Crippen LogP contribution in [0.2, 0.25) is 0 Å². The average Bonchev–Trinajstić information content (AvgIpc) is 3.37. The van der Waals surface area contributed by atoms with E-state index in [4.69, 9.17) is 0 Å². The van der Waals surface area contributed by atoms with Crippen molar-refractivity contribution in [1.29, 1.82) is 0 Å². The first-order valence-electron chi connectivity index (χ1n) is 12.8. The van der Waals surface area contributed by atoms with Gasteiger partial charge in [-0.25, -0.2) is 4.39 Å². The molecule has 2 atom stereocenters. The minimum absolute atomic E-state index is 0.0215. The summed E-state index contributed by atoms with van der Waals surface area (Å²) in [5, 5.41) is 23.5. The van der Waals surface area contributed by atoms with Crippen LogP contribution in [0.5, 0.6) is 0 Å². The van der Waals surface area contributed by atoms with Crippen LogP contribution in [-0.4, -0.2) is 68.8 Å². The van der Waals surface area contributed by atoms with E-state index in [1.807, 2.05) is 0 Å². The third-order valence-electron chi connectivity index (χ3n) is 7.25. The van der Waals surface area contributed by atoms with Crippen LogP contribution in [0.3, 0.4) is 0 Å². The highest BCUT2D eigenvalue weighted by Gasteiger charge is 2.44. The van der Waals surface area contributed by atoms with Gasteiger partial charge in [0.2, 0.25) is 0 Å². The summed E-state index contributed by atoms with van der Waals surface area (Å²) in [6.45, 7) is -0.116. The largest absolute Gasteiger partial charge is 0.481 e. The predicted molar refractivity (Wildman–Crippen MR) is 136 cm³/mol. The molecule has 12 heteroatoms. The van der Waals surface area contributed by atoms with Gasteiger partial charge in [0.05, 0.1) is 11.3 Å². The van der Waals surface area contributed by atoms with E-state index < -0.39 is 46.6 Å². The molecule has 2 fully saturated rings. The molecule has 4 rings (SSSR count). The van der Waals surface area contributed by atoms with Gasteiger partial charge in [0.15, 0.2) is 6.17 Å². The molecule has 1 aliphatic carbocycles. The van der Waals surface area contributed by atoms with Crippen molar-refractivity contribution in [3.05, 3.63) is 75.6 Å². The molecule has 0 bridgehead atoms. The Morgan fingerprint density at radius 1 is 0.974 bits per heavy atom. The second-order valence-corrected chi connectivity index (χ2v) is 9.80. The molecule has 2 aromatic carbocycles. The molecule has 0 spiro atoms. The molecule has 1 saturated carbocycles. The van der Waals surface area contributed by atoms with Crippen molar-refractivity contribution in [2.75, 3.05) is 13.1 Å². The first kappa shape index (κ1) is 27.7. The molecule has 2 unspecified atom stereocenters. The Morgan fingerprint density at radius 3 is 2.13 bits per heavy atom. The summed E-state index contributed by atoms with van der Waals surface area (Å²) in [6, 6.07) is 9.26. The van der Waals surface area contributed by atoms with Crippen LogP contribution in [0.4, 0.5) is 10.1 Å². The molecule has 206 valence electrons. The van der Waals surface area contributed by atoms with E-state index in [1.165, 1.54) is 36.4 Å². The van der Waals surface area contributed by atoms with E-state index in [-0.39, 0.29) is 42.2 Å². The Hall–Kier alpha value is -4.35. The lowest BCUT2D eigenvalue weighted by Gasteiger charge is -2.34. The zero-order valence-electron chi connectivity index (χ0n) is 21.1. The molecule has 3 amide bonds. The van der Waals surface area contributed by atoms with Crippen LogP contribution in [0.1, 0.15) is 59.2 Å². The standard InChI is InChI=1S/C27H29FN4O7/c28-20-10-4-8-18(14-20)26(36)30-12-13-31(27(37)19-9-5-11-21(15-19)32(38)39)25(30)24(35)29-22(16-23(33)34)17-6-2-1-3-7-17/h4-5,8-11,14-15,17,22,25H,1-3,6-7,12-13,16H2,(H,29,35)(H,33,34). The number of amides is 3. The normalized spacial score (nSPS) is 18.4. The maximum Gasteiger partial charge on any atom is 0.305 e. The number of nitro groups is 1. The Bertz CT molecular complexity index is 1280. The van der Waals surface area contributed by atoms with Crippen LogP contribution in [0.15, 0.2) is 48.5 Å². The topological polar surface area (TPSA) is 150 Å². The van der Waals surface area contributed by atoms with Gasteiger partial charge in [0.25, 0.3) is 23.4 Å². The van der Waals surface area contributed by atoms with E-state index in [2.05, 4.69) is 5.32 Å². The number of nitrogens with zero attached hydrogens (tertiary/aromatic N) is 3. The van der Waals surface area contributed by atoms with Gasteiger partial charge in [-0.1, -0.05) is 31.4 Å². The van der Waals surface area contributed by atoms with Gasteiger partial charge in [0.1, 0.15) is 5.82 Å². The molecule has 0 aromatic heterocycles. The minimum Gasteiger partial charge on any atom is -0.481 e. The smallest absolute Gasteiger partial charge is 0.305 e. The number of hydrogen-bond acceptors (Lipinski definition) is 6. The highest BCUT2D eigenvalue weighted by Crippen LogP contribution is 2.29. The number of halogens is 1. The quantitative estimate of drug-likeness (QED) is 0.386. The number of benzene rings is 2. The maximum absolute atomic E-state index is 13.9. The third-order valence-corrected chi connectivity index (χ3v) is 7.25. The maximum atomic E-state index is 13.9. The van der Waals surface area contributed by atoms with E-state index in [0.29, 0.717) is 0 Å². The number of nitro benzene ring substituents is 1. The number of carboxylic acid groups (broad SMARTS) is 1. The number of rotatable bonds is 8. The fraction of sp³-hybridized carbons (Fsp3) is 0.407. The molecule has 1 saturated heterocycles. The van der Waals surface area contributed by atoms with Crippen LogP contribution in [0.25, 0.3) is 0 Å². The van der Waals surface area contributed by atoms with Crippen molar-refractivity contribution >= 4 is 29.4 Å². The molecule has 2 N–H and O–H groups in total. The molecule has 2 aliphatic rings. The van der Waals surface area contributed by atoms with E-state index in [1.54, 1.807) is 0 Å². The van der Waals surface area contributed by atoms with Gasteiger partial charge in [-0.15, -0.1) is 0 Å². The highest BCUT2D eigenvalue weighted by molar-refractivity contribution is 6.02. The van der Waals surface area contributed by atoms with E-state index in [9.17, 15) is 38.8 Å². The Morgan fingerprint density at radius 2 is 1.56 bits per heavy atom. The summed E-state index contributed by atoms with van der Waals surface area (Å²) >= 11 is 0. The first-order valence-corrected chi connectivity index (χ1v) is 12.8. The molecule has 1 aliphatic heterocycles. The van der Waals surface area contributed by atoms with Gasteiger partial charge in [-0.2, -0.15) is 0 Å². The number of carbonyl (C=O) groups is 4. The molecule has 11 nitrogen and oxygen atoms in total. The summed E-state index contributed by atoms with van der Waals surface area (Å²) in [4.78, 5) is 65.1. The summed E-state index contributed by atoms with van der Waals surface area (Å²) < 4.78 is 13.9. The van der Waals surface area contributed by atoms with Crippen molar-refractivity contribution in [3.63, 3.8) is 0 Å². The number of aliphatic carboxylic acids is 1. The molecule has 2 aromatic rings. The molecular weight excluding hydrogens is 511 g/mol. The first-order chi connectivity index (χ1) is 18.7. The minimum atomic E-state index is -1.47. The predicted octanol–water partition coefficient (Wildman–Crippen LogP) is 3.20. The molecule has 0 radical (unpaired) electrons. The lowest BCUT2D eigenvalue weighted by molar-refractivity contribution is -0.384. The van der Waals surface area contributed by atoms with Crippen LogP contribution in [-0.2, 0) is 9.59 Å². The van der Waals surface area contributed by atoms with Crippen LogP contribution >= 0.6 is 0 Å². The van der Waals surface area contributed by atoms with E-state index >= 15 is 0 Å². The highest BCUT2D eigenvalue weighted by atomic mass is 19.1. The third kappa shape index (κ3) is 6.39. The van der Waals surface area contributed by atoms with Crippen molar-refractivity contribution in [2.45, 2.75) is 50.7 Å². The summed E-state index contributed by atoms with van der Waals surface area (Å²) in [5.74, 6) is -3.95. The van der Waals surface area contributed by atoms with Crippen molar-refractivity contribution < 1.29 is 33.6 Å². The number of carbonyl (C=O) groups excluding carboxylic acids is 3. The zero-order chi connectivity index (χ0) is 28.1. The van der Waals surface area contributed by atoms with Gasteiger partial charge in [-0.3, -0.25) is 29.3 Å². The number of carboxylic acids is 1. The van der Waals surface area contributed by atoms with E-state index in [0.717, 1.165) is 54.0 Å². The molecular formula is C27H29FN4O7. The van der Waals surface area contributed by atoms with Crippen LogP contribution < -0.4 is 5.32 Å². The zero-order valence-corrected chi connectivity index (χ0v) is 21.1. The van der Waals surface area contributed by atoms with Crippen molar-refractivity contribution in [3.8, 4) is 0 Å². The van der Waals surface area contributed by atoms with Crippen LogP contribution in [0, 0.1) is 21.8 Å². The fourth-order valence-electron chi connectivity index (χ4n) is 5.36. The second-order valence-electron chi connectivity index (χ2n) is 9.80. The summed E-state index contributed by atoms with van der Waals surface area (Å²) in [7, 11) is 0. The Balaban J connectivity index is 1.66. The monoisotopic (exact) mass is 540 g/mol. The second kappa shape index (κ2) is 12.0. The Kier molecular flexibility index (Phi) is 8.52. The fourth-order valence-corrected chi connectivity index (χ4v) is 5.36. The van der Waals surface area contributed by atoms with Crippen molar-refractivity contribution in [2.24, 2.45) is 5.92 Å². The van der Waals surface area contributed by atoms with Gasteiger partial charge in [-0.05, 0) is 43.0 Å². The summed E-state index contributed by atoms with van der Waals surface area (Å²) in [5.41, 5.74) is -0.379. The SMILES string of the molecule is O=C(O)CC(NC(=O)C1N(C(=O)c2cccc(F)c2)CCN1C(=O)c1cccc([N+](=O)[O-])c1)C1CCCCC1. The van der Waals surface area contributed by atoms with Gasteiger partial charge in [0, 0.05) is 42.4 Å². The van der Waals surface area contributed by atoms with Gasteiger partial charge >= 0.3 is 5.97 Å². The molecule has 1 heterocycles. The molecule has 39 heavy (non-hydrogen) atoms. The summed E-state index contributed by atoms with van der Waals surface area (Å²) in [6.07, 6.45) is 2.53. The van der Waals surface area contributed by atoms with Gasteiger partial charge < -0.3 is 20.2 Å². The lowest BCUT2D eigenvalue weighted by atomic mass is 9.82.